The lowest BCUT2D eigenvalue weighted by Crippen LogP contribution is -2.07. The summed E-state index contributed by atoms with van der Waals surface area (Å²) in [6.45, 7) is 0.423. The minimum absolute atomic E-state index is 0.0360. The molecule has 4 nitrogen and oxygen atoms in total. The number of fused-ring (bicyclic) bond motifs is 1. The highest BCUT2D eigenvalue weighted by molar-refractivity contribution is 5.91. The number of alkyl halides is 3. The average Bonchev–Trinajstić information content (AvgIpc) is 2.42. The Morgan fingerprint density at radius 3 is 2.71 bits per heavy atom. The van der Waals surface area contributed by atoms with Gasteiger partial charge in [-0.3, -0.25) is 9.78 Å². The standard InChI is InChI=1S/C14H13F3N2O2/c15-14(16,17)9-3-4-10-11(5-7-19-12(10)8-9)18-6-1-2-13(20)21/h3-5,7-8H,1-2,6H2,(H,18,19)(H,20,21). The molecule has 2 N–H and O–H groups in total. The van der Waals surface area contributed by atoms with Crippen molar-refractivity contribution < 1.29 is 23.1 Å². The fraction of sp³-hybridized carbons (Fsp3) is 0.286. The predicted octanol–water partition coefficient (Wildman–Crippen LogP) is 3.53. The molecule has 0 bridgehead atoms. The molecule has 1 aromatic carbocycles. The van der Waals surface area contributed by atoms with Gasteiger partial charge >= 0.3 is 12.1 Å². The molecule has 21 heavy (non-hydrogen) atoms. The summed E-state index contributed by atoms with van der Waals surface area (Å²) < 4.78 is 37.9. The molecule has 0 aliphatic carbocycles. The molecule has 0 fully saturated rings. The van der Waals surface area contributed by atoms with Gasteiger partial charge in [-0.2, -0.15) is 13.2 Å². The minimum Gasteiger partial charge on any atom is -0.481 e. The van der Waals surface area contributed by atoms with Crippen LogP contribution in [-0.2, 0) is 11.0 Å². The second-order valence-corrected chi connectivity index (χ2v) is 4.51. The van der Waals surface area contributed by atoms with E-state index < -0.39 is 17.7 Å². The number of anilines is 1. The largest absolute Gasteiger partial charge is 0.481 e. The number of aromatic nitrogens is 1. The minimum atomic E-state index is -4.40. The van der Waals surface area contributed by atoms with E-state index in [1.165, 1.54) is 12.3 Å². The third-order valence-electron chi connectivity index (χ3n) is 2.95. The summed E-state index contributed by atoms with van der Waals surface area (Å²) in [5.74, 6) is -0.883. The first-order valence-corrected chi connectivity index (χ1v) is 6.29. The molecular formula is C14H13F3N2O2. The van der Waals surface area contributed by atoms with Crippen LogP contribution in [0.25, 0.3) is 10.9 Å². The highest BCUT2D eigenvalue weighted by Crippen LogP contribution is 2.32. The van der Waals surface area contributed by atoms with Crippen molar-refractivity contribution in [3.8, 4) is 0 Å². The van der Waals surface area contributed by atoms with Crippen LogP contribution in [0.3, 0.4) is 0 Å². The third kappa shape index (κ3) is 3.84. The number of nitrogens with zero attached hydrogens (tertiary/aromatic N) is 1. The van der Waals surface area contributed by atoms with Crippen molar-refractivity contribution in [1.82, 2.24) is 4.98 Å². The lowest BCUT2D eigenvalue weighted by Gasteiger charge is -2.11. The molecule has 1 aromatic heterocycles. The Hall–Kier alpha value is -2.31. The van der Waals surface area contributed by atoms with Crippen LogP contribution in [0.1, 0.15) is 18.4 Å². The highest BCUT2D eigenvalue weighted by Gasteiger charge is 2.30. The van der Waals surface area contributed by atoms with Gasteiger partial charge in [0.25, 0.3) is 0 Å². The van der Waals surface area contributed by atoms with Gasteiger partial charge in [0.05, 0.1) is 11.1 Å². The Labute approximate surface area is 118 Å². The zero-order chi connectivity index (χ0) is 15.5. The first-order valence-electron chi connectivity index (χ1n) is 6.29. The van der Waals surface area contributed by atoms with Crippen molar-refractivity contribution in [2.45, 2.75) is 19.0 Å². The summed E-state index contributed by atoms with van der Waals surface area (Å²) >= 11 is 0. The van der Waals surface area contributed by atoms with Gasteiger partial charge in [0.2, 0.25) is 0 Å². The first-order chi connectivity index (χ1) is 9.88. The molecule has 2 rings (SSSR count). The first kappa shape index (κ1) is 15.1. The van der Waals surface area contributed by atoms with E-state index in [-0.39, 0.29) is 11.9 Å². The van der Waals surface area contributed by atoms with Gasteiger partial charge in [-0.05, 0) is 24.6 Å². The molecule has 0 saturated heterocycles. The normalized spacial score (nSPS) is 11.6. The maximum atomic E-state index is 12.6. The Bertz CT molecular complexity index is 656. The van der Waals surface area contributed by atoms with E-state index in [1.54, 1.807) is 6.07 Å². The third-order valence-corrected chi connectivity index (χ3v) is 2.95. The van der Waals surface area contributed by atoms with Crippen LogP contribution in [0.5, 0.6) is 0 Å². The van der Waals surface area contributed by atoms with Crippen molar-refractivity contribution >= 4 is 22.6 Å². The van der Waals surface area contributed by atoms with Gasteiger partial charge < -0.3 is 10.4 Å². The monoisotopic (exact) mass is 298 g/mol. The van der Waals surface area contributed by atoms with Gasteiger partial charge in [0.15, 0.2) is 0 Å². The number of carboxylic acids is 1. The van der Waals surface area contributed by atoms with Crippen molar-refractivity contribution in [3.05, 3.63) is 36.0 Å². The van der Waals surface area contributed by atoms with Crippen LogP contribution in [-0.4, -0.2) is 22.6 Å². The van der Waals surface area contributed by atoms with E-state index >= 15 is 0 Å². The number of pyridine rings is 1. The predicted molar refractivity (Wildman–Crippen MR) is 72.1 cm³/mol. The van der Waals surface area contributed by atoms with Crippen LogP contribution >= 0.6 is 0 Å². The SMILES string of the molecule is O=C(O)CCCNc1ccnc2cc(C(F)(F)F)ccc12. The molecule has 0 aliphatic heterocycles. The topological polar surface area (TPSA) is 62.2 Å². The molecular weight excluding hydrogens is 285 g/mol. The number of benzene rings is 1. The van der Waals surface area contributed by atoms with Crippen LogP contribution in [0, 0.1) is 0 Å². The fourth-order valence-electron chi connectivity index (χ4n) is 1.94. The highest BCUT2D eigenvalue weighted by atomic mass is 19.4. The zero-order valence-corrected chi connectivity index (χ0v) is 10.9. The summed E-state index contributed by atoms with van der Waals surface area (Å²) in [6, 6.07) is 5.02. The smallest absolute Gasteiger partial charge is 0.416 e. The summed E-state index contributed by atoms with van der Waals surface area (Å²) in [7, 11) is 0. The van der Waals surface area contributed by atoms with Gasteiger partial charge in [-0.15, -0.1) is 0 Å². The molecule has 7 heteroatoms. The van der Waals surface area contributed by atoms with Crippen LogP contribution in [0.2, 0.25) is 0 Å². The Balaban J connectivity index is 2.20. The lowest BCUT2D eigenvalue weighted by atomic mass is 10.1. The average molecular weight is 298 g/mol. The number of hydrogen-bond acceptors (Lipinski definition) is 3. The van der Waals surface area contributed by atoms with E-state index in [0.29, 0.717) is 24.0 Å². The molecule has 2 aromatic rings. The summed E-state index contributed by atoms with van der Waals surface area (Å²) in [5, 5.41) is 12.1. The second kappa shape index (κ2) is 5.99. The molecule has 0 unspecified atom stereocenters. The van der Waals surface area contributed by atoms with Gasteiger partial charge in [0.1, 0.15) is 0 Å². The fourth-order valence-corrected chi connectivity index (χ4v) is 1.94. The lowest BCUT2D eigenvalue weighted by molar-refractivity contribution is -0.138. The number of aliphatic carboxylic acids is 1. The number of carbonyl (C=O) groups is 1. The van der Waals surface area contributed by atoms with Crippen molar-refractivity contribution in [3.63, 3.8) is 0 Å². The van der Waals surface area contributed by atoms with E-state index in [2.05, 4.69) is 10.3 Å². The number of halogens is 3. The van der Waals surface area contributed by atoms with Gasteiger partial charge in [0, 0.05) is 30.2 Å². The molecule has 1 heterocycles. The Kier molecular flexibility index (Phi) is 4.30. The number of nitrogens with one attached hydrogen (secondary N) is 1. The van der Waals surface area contributed by atoms with Gasteiger partial charge in [-0.1, -0.05) is 6.07 Å². The molecule has 0 saturated carbocycles. The number of hydrogen-bond donors (Lipinski definition) is 2. The molecule has 0 aliphatic rings. The molecule has 0 radical (unpaired) electrons. The second-order valence-electron chi connectivity index (χ2n) is 4.51. The molecule has 0 atom stereocenters. The molecule has 0 spiro atoms. The van der Waals surface area contributed by atoms with Gasteiger partial charge in [-0.25, -0.2) is 0 Å². The molecule has 0 amide bonds. The van der Waals surface area contributed by atoms with Crippen molar-refractivity contribution in [1.29, 1.82) is 0 Å². The van der Waals surface area contributed by atoms with Crippen LogP contribution in [0.15, 0.2) is 30.5 Å². The number of carboxylic acid groups (broad SMARTS) is 1. The maximum Gasteiger partial charge on any atom is 0.416 e. The summed E-state index contributed by atoms with van der Waals surface area (Å²) in [6.07, 6.45) is -2.52. The van der Waals surface area contributed by atoms with Crippen LogP contribution < -0.4 is 5.32 Å². The van der Waals surface area contributed by atoms with Crippen molar-refractivity contribution in [2.24, 2.45) is 0 Å². The maximum absolute atomic E-state index is 12.6. The van der Waals surface area contributed by atoms with Crippen molar-refractivity contribution in [2.75, 3.05) is 11.9 Å². The molecule has 112 valence electrons. The van der Waals surface area contributed by atoms with E-state index in [0.717, 1.165) is 12.1 Å². The van der Waals surface area contributed by atoms with E-state index in [1.807, 2.05) is 0 Å². The van der Waals surface area contributed by atoms with E-state index in [4.69, 9.17) is 5.11 Å². The number of rotatable bonds is 5. The zero-order valence-electron chi connectivity index (χ0n) is 10.9. The Morgan fingerprint density at radius 1 is 1.29 bits per heavy atom. The summed E-state index contributed by atoms with van der Waals surface area (Å²) in [4.78, 5) is 14.3. The Morgan fingerprint density at radius 2 is 2.05 bits per heavy atom. The quantitative estimate of drug-likeness (QED) is 0.829. The summed E-state index contributed by atoms with van der Waals surface area (Å²) in [5.41, 5.74) is 0.137. The van der Waals surface area contributed by atoms with E-state index in [9.17, 15) is 18.0 Å². The van der Waals surface area contributed by atoms with Crippen LogP contribution in [0.4, 0.5) is 18.9 Å².